The summed E-state index contributed by atoms with van der Waals surface area (Å²) in [6, 6.07) is 14.8. The number of nitrogens with zero attached hydrogens (tertiary/aromatic N) is 3. The van der Waals surface area contributed by atoms with Crippen molar-refractivity contribution >= 4 is 23.3 Å². The van der Waals surface area contributed by atoms with E-state index in [0.29, 0.717) is 12.1 Å². The van der Waals surface area contributed by atoms with Crippen molar-refractivity contribution in [1.82, 2.24) is 10.2 Å². The number of rotatable bonds is 8. The summed E-state index contributed by atoms with van der Waals surface area (Å²) in [5.74, 6) is -3.24. The number of carboxylic acids is 2. The standard InChI is InChI=1S/C28H36N4O6/c1-19-27(3,25(33)34)24(21-8-7-11-23(18-21)32(37)38)28(26(35)36,20(2)29-19)12-13-30-14-16-31(17-15-30)22-9-5-4-6-10-22/h4-11,18-20,24,29H,12-17H2,1-3H3,(H,33,34)(H,35,36). The van der Waals surface area contributed by atoms with Crippen LogP contribution in [0.2, 0.25) is 0 Å². The van der Waals surface area contributed by atoms with Crippen molar-refractivity contribution in [3.63, 3.8) is 0 Å². The van der Waals surface area contributed by atoms with E-state index in [1.165, 1.54) is 18.2 Å². The molecule has 0 aromatic heterocycles. The largest absolute Gasteiger partial charge is 0.481 e. The molecule has 4 rings (SSSR count). The Kier molecular flexibility index (Phi) is 7.75. The molecule has 0 saturated carbocycles. The molecule has 2 aromatic rings. The van der Waals surface area contributed by atoms with Gasteiger partial charge in [-0.05, 0) is 51.4 Å². The number of anilines is 1. The van der Waals surface area contributed by atoms with Crippen LogP contribution in [0.3, 0.4) is 0 Å². The Balaban J connectivity index is 1.68. The van der Waals surface area contributed by atoms with Gasteiger partial charge in [0, 0.05) is 62.0 Å². The van der Waals surface area contributed by atoms with Crippen molar-refractivity contribution in [3.8, 4) is 0 Å². The zero-order valence-corrected chi connectivity index (χ0v) is 22.0. The molecule has 204 valence electrons. The Morgan fingerprint density at radius 3 is 2.24 bits per heavy atom. The van der Waals surface area contributed by atoms with E-state index < -0.39 is 45.7 Å². The number of nitrogens with one attached hydrogen (secondary N) is 1. The first-order valence-corrected chi connectivity index (χ1v) is 13.0. The van der Waals surface area contributed by atoms with Crippen LogP contribution in [0.5, 0.6) is 0 Å². The molecule has 38 heavy (non-hydrogen) atoms. The zero-order valence-electron chi connectivity index (χ0n) is 22.0. The maximum Gasteiger partial charge on any atom is 0.311 e. The summed E-state index contributed by atoms with van der Waals surface area (Å²) in [6.07, 6.45) is 0.199. The van der Waals surface area contributed by atoms with Crippen LogP contribution < -0.4 is 10.2 Å². The molecule has 2 aromatic carbocycles. The lowest BCUT2D eigenvalue weighted by Crippen LogP contribution is -2.69. The molecule has 3 N–H and O–H groups in total. The van der Waals surface area contributed by atoms with Crippen LogP contribution in [-0.2, 0) is 9.59 Å². The fourth-order valence-corrected chi connectivity index (χ4v) is 6.49. The second-order valence-electron chi connectivity index (χ2n) is 10.7. The molecule has 2 aliphatic heterocycles. The number of piperidine rings is 1. The average Bonchev–Trinajstić information content (AvgIpc) is 2.90. The van der Waals surface area contributed by atoms with Crippen molar-refractivity contribution in [2.45, 2.75) is 45.2 Å². The predicted octanol–water partition coefficient (Wildman–Crippen LogP) is 3.43. The van der Waals surface area contributed by atoms with Crippen molar-refractivity contribution in [2.24, 2.45) is 10.8 Å². The third kappa shape index (κ3) is 4.74. The minimum Gasteiger partial charge on any atom is -0.481 e. The number of carbonyl (C=O) groups is 2. The quantitative estimate of drug-likeness (QED) is 0.350. The Bertz CT molecular complexity index is 1180. The summed E-state index contributed by atoms with van der Waals surface area (Å²) in [4.78, 5) is 41.6. The number of piperazine rings is 1. The summed E-state index contributed by atoms with van der Waals surface area (Å²) in [5, 5.41) is 36.1. The Morgan fingerprint density at radius 2 is 1.66 bits per heavy atom. The third-order valence-corrected chi connectivity index (χ3v) is 8.90. The first-order chi connectivity index (χ1) is 18.0. The molecule has 2 saturated heterocycles. The molecular weight excluding hydrogens is 488 g/mol. The number of nitro groups is 1. The highest BCUT2D eigenvalue weighted by atomic mass is 16.6. The molecule has 2 fully saturated rings. The molecule has 10 heteroatoms. The maximum atomic E-state index is 13.2. The van der Waals surface area contributed by atoms with Gasteiger partial charge >= 0.3 is 11.9 Å². The lowest BCUT2D eigenvalue weighted by molar-refractivity contribution is -0.385. The number of hydrogen-bond donors (Lipinski definition) is 3. The summed E-state index contributed by atoms with van der Waals surface area (Å²) in [7, 11) is 0. The SMILES string of the molecule is CC1NC(C)C(CCN2CCN(c3ccccc3)CC2)(C(=O)O)C(c2cccc([N+](=O)[O-])c2)C1(C)C(=O)O. The Hall–Kier alpha value is -3.50. The van der Waals surface area contributed by atoms with Crippen LogP contribution in [0, 0.1) is 20.9 Å². The highest BCUT2D eigenvalue weighted by Crippen LogP contribution is 2.57. The number of carboxylic acid groups (broad SMARTS) is 2. The Labute approximate surface area is 222 Å². The first-order valence-electron chi connectivity index (χ1n) is 13.0. The van der Waals surface area contributed by atoms with E-state index in [4.69, 9.17) is 0 Å². The number of nitro benzene ring substituents is 1. The van der Waals surface area contributed by atoms with Crippen LogP contribution in [0.1, 0.15) is 38.7 Å². The summed E-state index contributed by atoms with van der Waals surface area (Å²) < 4.78 is 0. The lowest BCUT2D eigenvalue weighted by Gasteiger charge is -2.56. The molecule has 5 unspecified atom stereocenters. The molecule has 0 amide bonds. The van der Waals surface area contributed by atoms with Crippen LogP contribution >= 0.6 is 0 Å². The molecule has 5 atom stereocenters. The normalized spacial score (nSPS) is 30.1. The van der Waals surface area contributed by atoms with Crippen molar-refractivity contribution < 1.29 is 24.7 Å². The van der Waals surface area contributed by atoms with Gasteiger partial charge in [-0.1, -0.05) is 30.3 Å². The van der Waals surface area contributed by atoms with E-state index in [2.05, 4.69) is 27.2 Å². The maximum absolute atomic E-state index is 13.2. The minimum absolute atomic E-state index is 0.189. The van der Waals surface area contributed by atoms with Crippen molar-refractivity contribution in [3.05, 3.63) is 70.3 Å². The van der Waals surface area contributed by atoms with E-state index in [0.717, 1.165) is 31.9 Å². The highest BCUT2D eigenvalue weighted by molar-refractivity contribution is 5.84. The molecule has 2 aliphatic rings. The minimum atomic E-state index is -1.52. The van der Waals surface area contributed by atoms with Gasteiger partial charge in [-0.2, -0.15) is 0 Å². The number of aliphatic carboxylic acids is 2. The number of non-ortho nitro benzene ring substituents is 1. The second kappa shape index (κ2) is 10.7. The molecule has 0 radical (unpaired) electrons. The number of para-hydroxylation sites is 1. The second-order valence-corrected chi connectivity index (χ2v) is 10.7. The highest BCUT2D eigenvalue weighted by Gasteiger charge is 2.65. The molecule has 2 heterocycles. The summed E-state index contributed by atoms with van der Waals surface area (Å²) in [5.41, 5.74) is -1.71. The summed E-state index contributed by atoms with van der Waals surface area (Å²) in [6.45, 7) is 8.65. The van der Waals surface area contributed by atoms with Crippen LogP contribution in [0.15, 0.2) is 54.6 Å². The van der Waals surface area contributed by atoms with Gasteiger partial charge < -0.3 is 20.4 Å². The van der Waals surface area contributed by atoms with E-state index in [1.807, 2.05) is 18.2 Å². The number of benzene rings is 2. The fraction of sp³-hybridized carbons (Fsp3) is 0.500. The smallest absolute Gasteiger partial charge is 0.311 e. The molecule has 0 bridgehead atoms. The summed E-state index contributed by atoms with van der Waals surface area (Å²) >= 11 is 0. The van der Waals surface area contributed by atoms with Crippen LogP contribution in [0.25, 0.3) is 0 Å². The molecule has 0 aliphatic carbocycles. The third-order valence-electron chi connectivity index (χ3n) is 8.90. The van der Waals surface area contributed by atoms with Crippen molar-refractivity contribution in [2.75, 3.05) is 37.6 Å². The van der Waals surface area contributed by atoms with E-state index in [1.54, 1.807) is 26.8 Å². The zero-order chi connectivity index (χ0) is 27.7. The predicted molar refractivity (Wildman–Crippen MR) is 143 cm³/mol. The number of hydrogen-bond acceptors (Lipinski definition) is 7. The van der Waals surface area contributed by atoms with Crippen LogP contribution in [0.4, 0.5) is 11.4 Å². The molecular formula is C28H36N4O6. The van der Waals surface area contributed by atoms with Gasteiger partial charge in [-0.25, -0.2) is 0 Å². The molecule has 0 spiro atoms. The molecule has 10 nitrogen and oxygen atoms in total. The fourth-order valence-electron chi connectivity index (χ4n) is 6.49. The first kappa shape index (κ1) is 27.5. The lowest BCUT2D eigenvalue weighted by atomic mass is 9.51. The van der Waals surface area contributed by atoms with Crippen molar-refractivity contribution in [1.29, 1.82) is 0 Å². The van der Waals surface area contributed by atoms with Gasteiger partial charge in [0.15, 0.2) is 0 Å². The Morgan fingerprint density at radius 1 is 1.00 bits per heavy atom. The van der Waals surface area contributed by atoms with Crippen LogP contribution in [-0.4, -0.2) is 76.8 Å². The monoisotopic (exact) mass is 524 g/mol. The van der Waals surface area contributed by atoms with E-state index in [9.17, 15) is 29.9 Å². The van der Waals surface area contributed by atoms with Gasteiger partial charge in [0.25, 0.3) is 5.69 Å². The van der Waals surface area contributed by atoms with Gasteiger partial charge in [0.1, 0.15) is 0 Å². The van der Waals surface area contributed by atoms with Gasteiger partial charge in [-0.3, -0.25) is 24.6 Å². The van der Waals surface area contributed by atoms with Gasteiger partial charge in [0.2, 0.25) is 0 Å². The average molecular weight is 525 g/mol. The van der Waals surface area contributed by atoms with Gasteiger partial charge in [-0.15, -0.1) is 0 Å². The van der Waals surface area contributed by atoms with E-state index in [-0.39, 0.29) is 12.1 Å². The topological polar surface area (TPSA) is 136 Å². The van der Waals surface area contributed by atoms with E-state index >= 15 is 0 Å². The van der Waals surface area contributed by atoms with Gasteiger partial charge in [0.05, 0.1) is 15.8 Å².